The normalized spacial score (nSPS) is 16.0. The van der Waals surface area contributed by atoms with Crippen molar-refractivity contribution in [2.75, 3.05) is 40.4 Å². The molecule has 0 saturated carbocycles. The van der Waals surface area contributed by atoms with Crippen LogP contribution in [0.5, 0.6) is 11.5 Å². The molecular formula is C20H26N4O5S. The van der Waals surface area contributed by atoms with Crippen LogP contribution >= 0.6 is 0 Å². The maximum Gasteiger partial charge on any atom is 0.318 e. The number of hydrogen-bond donors (Lipinski definition) is 1. The van der Waals surface area contributed by atoms with E-state index in [1.165, 1.54) is 30.7 Å². The second-order valence-corrected chi connectivity index (χ2v) is 8.77. The van der Waals surface area contributed by atoms with Crippen LogP contribution in [0.1, 0.15) is 18.7 Å². The zero-order valence-corrected chi connectivity index (χ0v) is 18.1. The number of aromatic nitrogens is 1. The summed E-state index contributed by atoms with van der Waals surface area (Å²) in [5.41, 5.74) is 0.764. The van der Waals surface area contributed by atoms with Gasteiger partial charge in [0.1, 0.15) is 0 Å². The number of nitrogens with one attached hydrogen (secondary N) is 1. The lowest BCUT2D eigenvalue weighted by atomic mass is 10.2. The van der Waals surface area contributed by atoms with Crippen LogP contribution in [-0.4, -0.2) is 69.0 Å². The quantitative estimate of drug-likeness (QED) is 0.745. The molecule has 2 amide bonds. The lowest BCUT2D eigenvalue weighted by Gasteiger charge is -2.34. The van der Waals surface area contributed by atoms with Gasteiger partial charge in [0.05, 0.1) is 30.9 Å². The first-order chi connectivity index (χ1) is 14.4. The number of urea groups is 1. The van der Waals surface area contributed by atoms with Gasteiger partial charge < -0.3 is 19.7 Å². The Kier molecular flexibility index (Phi) is 6.78. The number of hydrogen-bond acceptors (Lipinski definition) is 6. The van der Waals surface area contributed by atoms with Crippen LogP contribution in [0.2, 0.25) is 0 Å². The summed E-state index contributed by atoms with van der Waals surface area (Å²) in [4.78, 5) is 18.5. The topological polar surface area (TPSA) is 101 Å². The molecule has 9 nitrogen and oxygen atoms in total. The van der Waals surface area contributed by atoms with Gasteiger partial charge in [-0.05, 0) is 31.2 Å². The monoisotopic (exact) mass is 434 g/mol. The van der Waals surface area contributed by atoms with Gasteiger partial charge in [0.25, 0.3) is 0 Å². The van der Waals surface area contributed by atoms with E-state index in [-0.39, 0.29) is 30.1 Å². The van der Waals surface area contributed by atoms with Crippen LogP contribution in [0.15, 0.2) is 47.5 Å². The van der Waals surface area contributed by atoms with E-state index in [0.717, 1.165) is 5.69 Å². The summed E-state index contributed by atoms with van der Waals surface area (Å²) in [6.07, 6.45) is 1.68. The predicted molar refractivity (Wildman–Crippen MR) is 111 cm³/mol. The molecule has 162 valence electrons. The Hall–Kier alpha value is -2.85. The van der Waals surface area contributed by atoms with Gasteiger partial charge in [0.2, 0.25) is 10.0 Å². The number of ether oxygens (including phenoxy) is 2. The average Bonchev–Trinajstić information content (AvgIpc) is 2.79. The van der Waals surface area contributed by atoms with Crippen LogP contribution in [0, 0.1) is 0 Å². The van der Waals surface area contributed by atoms with E-state index in [2.05, 4.69) is 10.3 Å². The number of pyridine rings is 1. The number of piperazine rings is 1. The fourth-order valence-electron chi connectivity index (χ4n) is 3.24. The molecule has 1 aliphatic rings. The first-order valence-corrected chi connectivity index (χ1v) is 11.0. The van der Waals surface area contributed by atoms with Crippen molar-refractivity contribution in [2.24, 2.45) is 0 Å². The van der Waals surface area contributed by atoms with E-state index in [0.29, 0.717) is 24.6 Å². The number of carbonyl (C=O) groups excluding carboxylic acids is 1. The standard InChI is InChI=1S/C20H26N4O5S/c1-15(17-6-4-5-9-21-17)22-20(25)23-10-12-24(13-11-23)30(26,27)16-7-8-18(28-2)19(14-16)29-3/h4-9,14-15H,10-13H2,1-3H3,(H,22,25). The molecule has 0 bridgehead atoms. The van der Waals surface area contributed by atoms with Crippen LogP contribution in [0.3, 0.4) is 0 Å². The van der Waals surface area contributed by atoms with Crippen LogP contribution < -0.4 is 14.8 Å². The zero-order valence-electron chi connectivity index (χ0n) is 17.2. The molecule has 0 aliphatic carbocycles. The molecule has 30 heavy (non-hydrogen) atoms. The van der Waals surface area contributed by atoms with Gasteiger partial charge in [-0.15, -0.1) is 0 Å². The molecule has 0 spiro atoms. The maximum atomic E-state index is 13.0. The van der Waals surface area contributed by atoms with E-state index >= 15 is 0 Å². The highest BCUT2D eigenvalue weighted by Crippen LogP contribution is 2.30. The largest absolute Gasteiger partial charge is 0.493 e. The Bertz CT molecular complexity index is 976. The summed E-state index contributed by atoms with van der Waals surface area (Å²) in [5, 5.41) is 2.90. The summed E-state index contributed by atoms with van der Waals surface area (Å²) in [6, 6.07) is 9.54. The van der Waals surface area contributed by atoms with Crippen LogP contribution in [0.25, 0.3) is 0 Å². The molecule has 1 fully saturated rings. The number of nitrogens with zero attached hydrogens (tertiary/aromatic N) is 3. The van der Waals surface area contributed by atoms with Gasteiger partial charge in [-0.25, -0.2) is 13.2 Å². The van der Waals surface area contributed by atoms with Gasteiger partial charge in [-0.2, -0.15) is 4.31 Å². The van der Waals surface area contributed by atoms with Gasteiger partial charge in [0, 0.05) is 38.4 Å². The molecule has 2 heterocycles. The number of sulfonamides is 1. The molecule has 1 unspecified atom stereocenters. The van der Waals surface area contributed by atoms with Crippen molar-refractivity contribution in [3.05, 3.63) is 48.3 Å². The third-order valence-corrected chi connectivity index (χ3v) is 6.88. The van der Waals surface area contributed by atoms with Gasteiger partial charge >= 0.3 is 6.03 Å². The highest BCUT2D eigenvalue weighted by atomic mass is 32.2. The van der Waals surface area contributed by atoms with Crippen molar-refractivity contribution in [3.8, 4) is 11.5 Å². The Morgan fingerprint density at radius 3 is 2.37 bits per heavy atom. The Balaban J connectivity index is 1.62. The fraction of sp³-hybridized carbons (Fsp3) is 0.400. The SMILES string of the molecule is COc1ccc(S(=O)(=O)N2CCN(C(=O)NC(C)c3ccccn3)CC2)cc1OC. The molecule has 1 aromatic heterocycles. The minimum absolute atomic E-state index is 0.127. The number of amides is 2. The summed E-state index contributed by atoms with van der Waals surface area (Å²) in [7, 11) is -0.758. The molecule has 1 N–H and O–H groups in total. The van der Waals surface area contributed by atoms with Crippen molar-refractivity contribution < 1.29 is 22.7 Å². The molecule has 1 saturated heterocycles. The lowest BCUT2D eigenvalue weighted by molar-refractivity contribution is 0.169. The van der Waals surface area contributed by atoms with Crippen molar-refractivity contribution in [1.29, 1.82) is 0 Å². The van der Waals surface area contributed by atoms with Crippen molar-refractivity contribution >= 4 is 16.1 Å². The maximum absolute atomic E-state index is 13.0. The Morgan fingerprint density at radius 1 is 1.07 bits per heavy atom. The van der Waals surface area contributed by atoms with Crippen molar-refractivity contribution in [1.82, 2.24) is 19.5 Å². The molecule has 1 aliphatic heterocycles. The smallest absolute Gasteiger partial charge is 0.318 e. The van der Waals surface area contributed by atoms with Gasteiger partial charge in [-0.3, -0.25) is 4.98 Å². The zero-order chi connectivity index (χ0) is 21.7. The van der Waals surface area contributed by atoms with E-state index in [4.69, 9.17) is 9.47 Å². The number of rotatable bonds is 6. The highest BCUT2D eigenvalue weighted by Gasteiger charge is 2.31. The second-order valence-electron chi connectivity index (χ2n) is 6.83. The highest BCUT2D eigenvalue weighted by molar-refractivity contribution is 7.89. The van der Waals surface area contributed by atoms with Crippen molar-refractivity contribution in [3.63, 3.8) is 0 Å². The number of methoxy groups -OCH3 is 2. The first kappa shape index (κ1) is 21.8. The van der Waals surface area contributed by atoms with E-state index in [9.17, 15) is 13.2 Å². The molecule has 0 radical (unpaired) electrons. The Labute approximate surface area is 176 Å². The number of carbonyl (C=O) groups is 1. The average molecular weight is 435 g/mol. The minimum atomic E-state index is -3.71. The lowest BCUT2D eigenvalue weighted by Crippen LogP contribution is -2.53. The summed E-state index contributed by atoms with van der Waals surface area (Å²) >= 11 is 0. The summed E-state index contributed by atoms with van der Waals surface area (Å²) < 4.78 is 37.7. The third-order valence-electron chi connectivity index (χ3n) is 4.99. The summed E-state index contributed by atoms with van der Waals surface area (Å²) in [5.74, 6) is 0.806. The van der Waals surface area contributed by atoms with Crippen LogP contribution in [-0.2, 0) is 10.0 Å². The molecule has 10 heteroatoms. The minimum Gasteiger partial charge on any atom is -0.493 e. The molecular weight excluding hydrogens is 408 g/mol. The molecule has 3 rings (SSSR count). The second kappa shape index (κ2) is 9.31. The third kappa shape index (κ3) is 4.65. The van der Waals surface area contributed by atoms with E-state index in [1.807, 2.05) is 25.1 Å². The van der Waals surface area contributed by atoms with Gasteiger partial charge in [0.15, 0.2) is 11.5 Å². The van der Waals surface area contributed by atoms with E-state index in [1.54, 1.807) is 17.2 Å². The first-order valence-electron chi connectivity index (χ1n) is 9.55. The summed E-state index contributed by atoms with van der Waals surface area (Å²) in [6.45, 7) is 2.88. The Morgan fingerprint density at radius 2 is 1.77 bits per heavy atom. The number of benzene rings is 1. The molecule has 2 aromatic rings. The van der Waals surface area contributed by atoms with Crippen molar-refractivity contribution in [2.45, 2.75) is 17.9 Å². The molecule has 1 atom stereocenters. The van der Waals surface area contributed by atoms with Gasteiger partial charge in [-0.1, -0.05) is 6.07 Å². The fourth-order valence-corrected chi connectivity index (χ4v) is 4.68. The molecule has 1 aromatic carbocycles. The van der Waals surface area contributed by atoms with E-state index < -0.39 is 10.0 Å². The predicted octanol–water partition coefficient (Wildman–Crippen LogP) is 1.88. The van der Waals surface area contributed by atoms with Crippen LogP contribution in [0.4, 0.5) is 4.79 Å².